The summed E-state index contributed by atoms with van der Waals surface area (Å²) in [7, 11) is 0. The van der Waals surface area contributed by atoms with Gasteiger partial charge in [-0.05, 0) is 25.5 Å². The Kier molecular flexibility index (Phi) is 6.00. The zero-order valence-corrected chi connectivity index (χ0v) is 17.0. The number of rotatable bonds is 6. The van der Waals surface area contributed by atoms with Crippen molar-refractivity contribution in [3.63, 3.8) is 0 Å². The summed E-state index contributed by atoms with van der Waals surface area (Å²) in [5.41, 5.74) is -0.758. The molecule has 3 aromatic heterocycles. The maximum absolute atomic E-state index is 14.8. The molecule has 1 saturated heterocycles. The molecule has 1 aliphatic rings. The summed E-state index contributed by atoms with van der Waals surface area (Å²) < 4.78 is 65.9. The zero-order chi connectivity index (χ0) is 22.9. The standard InChI is InChI=1S/C21H20F4N4O3/c1-2-32-16-8-18-27-15(19(22)12-6-7-31-11-12)10-29(18)9-14(16)28-20(30)13-4-3-5-17(26-13)21(23,24)25/h3-5,8-10,12,19H,2,6-7,11H2,1H3,(H,28,30)/t12?,19-/m0/s1. The van der Waals surface area contributed by atoms with Crippen LogP contribution in [0, 0.1) is 5.92 Å². The highest BCUT2D eigenvalue weighted by molar-refractivity contribution is 6.03. The van der Waals surface area contributed by atoms with Crippen LogP contribution in [0.2, 0.25) is 0 Å². The van der Waals surface area contributed by atoms with Crippen LogP contribution >= 0.6 is 0 Å². The Morgan fingerprint density at radius 1 is 1.34 bits per heavy atom. The van der Waals surface area contributed by atoms with Crippen LogP contribution in [0.5, 0.6) is 5.75 Å². The van der Waals surface area contributed by atoms with Crippen LogP contribution in [0.1, 0.15) is 41.4 Å². The fraction of sp³-hybridized carbons (Fsp3) is 0.381. The minimum Gasteiger partial charge on any atom is -0.491 e. The molecule has 4 heterocycles. The van der Waals surface area contributed by atoms with E-state index in [1.165, 1.54) is 28.9 Å². The van der Waals surface area contributed by atoms with Crippen molar-refractivity contribution in [2.45, 2.75) is 25.7 Å². The quantitative estimate of drug-likeness (QED) is 0.560. The molecule has 1 N–H and O–H groups in total. The third-order valence-electron chi connectivity index (χ3n) is 5.05. The third-order valence-corrected chi connectivity index (χ3v) is 5.05. The van der Waals surface area contributed by atoms with Gasteiger partial charge in [-0.2, -0.15) is 13.2 Å². The monoisotopic (exact) mass is 452 g/mol. The smallest absolute Gasteiger partial charge is 0.433 e. The number of imidazole rings is 1. The number of nitrogens with one attached hydrogen (secondary N) is 1. The van der Waals surface area contributed by atoms with Gasteiger partial charge in [-0.1, -0.05) is 6.07 Å². The SMILES string of the molecule is CCOc1cc2nc([C@@H](F)C3CCOC3)cn2cc1NC(=O)c1cccc(C(F)(F)F)n1. The molecule has 4 rings (SSSR count). The van der Waals surface area contributed by atoms with Gasteiger partial charge in [0.1, 0.15) is 34.6 Å². The van der Waals surface area contributed by atoms with E-state index < -0.39 is 29.6 Å². The summed E-state index contributed by atoms with van der Waals surface area (Å²) >= 11 is 0. The lowest BCUT2D eigenvalue weighted by atomic mass is 10.0. The Labute approximate surface area is 180 Å². The number of hydrogen-bond acceptors (Lipinski definition) is 5. The number of carbonyl (C=O) groups excluding carboxylic acids is 1. The van der Waals surface area contributed by atoms with Gasteiger partial charge in [-0.25, -0.2) is 14.4 Å². The van der Waals surface area contributed by atoms with Gasteiger partial charge < -0.3 is 19.2 Å². The van der Waals surface area contributed by atoms with Crippen molar-refractivity contribution in [3.8, 4) is 5.75 Å². The summed E-state index contributed by atoms with van der Waals surface area (Å²) in [5, 5.41) is 2.52. The van der Waals surface area contributed by atoms with Crippen molar-refractivity contribution >= 4 is 17.2 Å². The lowest BCUT2D eigenvalue weighted by molar-refractivity contribution is -0.141. The number of pyridine rings is 2. The first-order valence-corrected chi connectivity index (χ1v) is 9.99. The molecule has 0 saturated carbocycles. The van der Waals surface area contributed by atoms with Crippen molar-refractivity contribution in [2.24, 2.45) is 5.92 Å². The van der Waals surface area contributed by atoms with Crippen LogP contribution in [0.25, 0.3) is 5.65 Å². The first-order valence-electron chi connectivity index (χ1n) is 9.99. The Morgan fingerprint density at radius 2 is 2.16 bits per heavy atom. The average molecular weight is 452 g/mol. The average Bonchev–Trinajstić information content (AvgIpc) is 3.43. The van der Waals surface area contributed by atoms with Gasteiger partial charge in [0.05, 0.1) is 18.9 Å². The number of fused-ring (bicyclic) bond motifs is 1. The van der Waals surface area contributed by atoms with Crippen molar-refractivity contribution in [1.29, 1.82) is 0 Å². The van der Waals surface area contributed by atoms with Gasteiger partial charge in [-0.3, -0.25) is 4.79 Å². The predicted molar refractivity (Wildman–Crippen MR) is 106 cm³/mol. The molecule has 0 spiro atoms. The molecule has 1 unspecified atom stereocenters. The van der Waals surface area contributed by atoms with Crippen molar-refractivity contribution in [1.82, 2.24) is 14.4 Å². The first kappa shape index (κ1) is 22.0. The Hall–Kier alpha value is -3.21. The molecule has 170 valence electrons. The van der Waals surface area contributed by atoms with Gasteiger partial charge >= 0.3 is 6.18 Å². The number of nitrogens with zero attached hydrogens (tertiary/aromatic N) is 3. The van der Waals surface area contributed by atoms with Crippen molar-refractivity contribution < 1.29 is 31.8 Å². The van der Waals surface area contributed by atoms with Crippen LogP contribution in [0.4, 0.5) is 23.2 Å². The topological polar surface area (TPSA) is 77.8 Å². The molecule has 1 amide bonds. The van der Waals surface area contributed by atoms with E-state index in [0.717, 1.165) is 12.1 Å². The van der Waals surface area contributed by atoms with Crippen LogP contribution < -0.4 is 10.1 Å². The Bertz CT molecular complexity index is 1130. The largest absolute Gasteiger partial charge is 0.491 e. The number of halogens is 4. The summed E-state index contributed by atoms with van der Waals surface area (Å²) in [4.78, 5) is 20.3. The fourth-order valence-electron chi connectivity index (χ4n) is 3.47. The molecule has 11 heteroatoms. The zero-order valence-electron chi connectivity index (χ0n) is 17.0. The van der Waals surface area contributed by atoms with E-state index in [0.29, 0.717) is 25.3 Å². The minimum atomic E-state index is -4.67. The molecule has 0 aromatic carbocycles. The van der Waals surface area contributed by atoms with E-state index in [4.69, 9.17) is 9.47 Å². The lowest BCUT2D eigenvalue weighted by Gasteiger charge is -2.12. The number of aromatic nitrogens is 3. The molecule has 1 fully saturated rings. The van der Waals surface area contributed by atoms with E-state index in [1.54, 1.807) is 6.92 Å². The molecule has 7 nitrogen and oxygen atoms in total. The number of hydrogen-bond donors (Lipinski definition) is 1. The predicted octanol–water partition coefficient (Wildman–Crippen LogP) is 4.45. The highest BCUT2D eigenvalue weighted by Crippen LogP contribution is 2.34. The summed E-state index contributed by atoms with van der Waals surface area (Å²) in [5.74, 6) is -0.877. The third kappa shape index (κ3) is 4.52. The summed E-state index contributed by atoms with van der Waals surface area (Å²) in [6.45, 7) is 2.83. The molecule has 3 aromatic rings. The second kappa shape index (κ2) is 8.73. The molecular weight excluding hydrogens is 432 g/mol. The second-order valence-electron chi connectivity index (χ2n) is 7.30. The van der Waals surface area contributed by atoms with Crippen molar-refractivity contribution in [2.75, 3.05) is 25.1 Å². The van der Waals surface area contributed by atoms with Gasteiger partial charge in [0.2, 0.25) is 0 Å². The van der Waals surface area contributed by atoms with Gasteiger partial charge in [0, 0.05) is 31.0 Å². The normalized spacial score (nSPS) is 17.5. The summed E-state index contributed by atoms with van der Waals surface area (Å²) in [6.07, 6.45) is -2.40. The molecule has 0 radical (unpaired) electrons. The highest BCUT2D eigenvalue weighted by atomic mass is 19.4. The molecule has 32 heavy (non-hydrogen) atoms. The summed E-state index contributed by atoms with van der Waals surface area (Å²) in [6, 6.07) is 4.59. The molecule has 0 aliphatic carbocycles. The maximum Gasteiger partial charge on any atom is 0.433 e. The van der Waals surface area contributed by atoms with E-state index in [2.05, 4.69) is 15.3 Å². The molecular formula is C21H20F4N4O3. The van der Waals surface area contributed by atoms with Gasteiger partial charge in [0.25, 0.3) is 5.91 Å². The minimum absolute atomic E-state index is 0.187. The van der Waals surface area contributed by atoms with Crippen LogP contribution in [-0.4, -0.2) is 40.1 Å². The molecule has 2 atom stereocenters. The van der Waals surface area contributed by atoms with Gasteiger partial charge in [-0.15, -0.1) is 0 Å². The van der Waals surface area contributed by atoms with E-state index >= 15 is 0 Å². The first-order chi connectivity index (χ1) is 15.3. The van der Waals surface area contributed by atoms with Crippen LogP contribution in [0.3, 0.4) is 0 Å². The van der Waals surface area contributed by atoms with E-state index in [9.17, 15) is 22.4 Å². The van der Waals surface area contributed by atoms with E-state index in [1.807, 2.05) is 0 Å². The Morgan fingerprint density at radius 3 is 2.84 bits per heavy atom. The van der Waals surface area contributed by atoms with Crippen LogP contribution in [0.15, 0.2) is 36.7 Å². The number of amides is 1. The number of carbonyl (C=O) groups is 1. The fourth-order valence-corrected chi connectivity index (χ4v) is 3.47. The number of alkyl halides is 4. The lowest BCUT2D eigenvalue weighted by Crippen LogP contribution is -2.17. The number of ether oxygens (including phenoxy) is 2. The van der Waals surface area contributed by atoms with Crippen LogP contribution in [-0.2, 0) is 10.9 Å². The van der Waals surface area contributed by atoms with Crippen molar-refractivity contribution in [3.05, 3.63) is 53.7 Å². The molecule has 1 aliphatic heterocycles. The van der Waals surface area contributed by atoms with E-state index in [-0.39, 0.29) is 29.7 Å². The second-order valence-corrected chi connectivity index (χ2v) is 7.30. The van der Waals surface area contributed by atoms with Gasteiger partial charge in [0.15, 0.2) is 0 Å². The number of anilines is 1. The maximum atomic E-state index is 14.8. The Balaban J connectivity index is 1.63. The molecule has 0 bridgehead atoms. The highest BCUT2D eigenvalue weighted by Gasteiger charge is 2.33.